The highest BCUT2D eigenvalue weighted by Gasteiger charge is 2.09. The lowest BCUT2D eigenvalue weighted by molar-refractivity contribution is -0.115. The molecule has 90 valence electrons. The van der Waals surface area contributed by atoms with Crippen molar-refractivity contribution in [2.75, 3.05) is 5.32 Å². The van der Waals surface area contributed by atoms with Gasteiger partial charge in [-0.15, -0.1) is 11.3 Å². The predicted octanol–water partition coefficient (Wildman–Crippen LogP) is 2.36. The van der Waals surface area contributed by atoms with E-state index in [4.69, 9.17) is 0 Å². The van der Waals surface area contributed by atoms with Crippen LogP contribution < -0.4 is 5.32 Å². The normalized spacial score (nSPS) is 11.0. The van der Waals surface area contributed by atoms with Gasteiger partial charge in [0.2, 0.25) is 0 Å². The molecule has 0 spiro atoms. The summed E-state index contributed by atoms with van der Waals surface area (Å²) in [7, 11) is 0. The highest BCUT2D eigenvalue weighted by atomic mass is 32.1. The number of rotatable bonds is 4. The van der Waals surface area contributed by atoms with E-state index in [9.17, 15) is 9.59 Å². The quantitative estimate of drug-likeness (QED) is 0.396. The summed E-state index contributed by atoms with van der Waals surface area (Å²) < 4.78 is 0. The van der Waals surface area contributed by atoms with Crippen molar-refractivity contribution in [3.8, 4) is 0 Å². The molecule has 0 aliphatic rings. The third-order valence-corrected chi connectivity index (χ3v) is 2.92. The van der Waals surface area contributed by atoms with E-state index >= 15 is 0 Å². The number of carbonyl (C=O) groups excluding carboxylic acids is 2. The number of thiophene rings is 1. The number of nitrogens with one attached hydrogen (secondary N) is 1. The van der Waals surface area contributed by atoms with Crippen LogP contribution in [0.2, 0.25) is 0 Å². The molecule has 5 heteroatoms. The van der Waals surface area contributed by atoms with E-state index < -0.39 is 5.91 Å². The van der Waals surface area contributed by atoms with Crippen LogP contribution in [0.15, 0.2) is 47.5 Å². The lowest BCUT2D eigenvalue weighted by Crippen LogP contribution is -2.14. The van der Waals surface area contributed by atoms with Crippen molar-refractivity contribution in [2.45, 2.75) is 0 Å². The first-order chi connectivity index (χ1) is 8.79. The summed E-state index contributed by atoms with van der Waals surface area (Å²) in [5.41, 5.74) is 0.614. The first-order valence-electron chi connectivity index (χ1n) is 5.22. The SMILES string of the molecule is O=CC(=Cc1ccccn1)C(=O)Nc1cccs1. The summed E-state index contributed by atoms with van der Waals surface area (Å²) in [6, 6.07) is 8.87. The Bertz CT molecular complexity index is 562. The maximum atomic E-state index is 11.8. The van der Waals surface area contributed by atoms with E-state index in [1.165, 1.54) is 17.4 Å². The number of aromatic nitrogens is 1. The minimum Gasteiger partial charge on any atom is -0.313 e. The van der Waals surface area contributed by atoms with Gasteiger partial charge in [0.15, 0.2) is 6.29 Å². The smallest absolute Gasteiger partial charge is 0.259 e. The molecule has 0 aliphatic carbocycles. The number of nitrogens with zero attached hydrogens (tertiary/aromatic N) is 1. The summed E-state index contributed by atoms with van der Waals surface area (Å²) in [6.45, 7) is 0. The van der Waals surface area contributed by atoms with Crippen LogP contribution in [-0.2, 0) is 9.59 Å². The molecule has 0 unspecified atom stereocenters. The van der Waals surface area contributed by atoms with Crippen molar-refractivity contribution >= 4 is 34.6 Å². The molecule has 0 saturated carbocycles. The van der Waals surface area contributed by atoms with E-state index in [0.29, 0.717) is 17.0 Å². The fraction of sp³-hybridized carbons (Fsp3) is 0. The van der Waals surface area contributed by atoms with Crippen LogP contribution in [0.1, 0.15) is 5.69 Å². The Balaban J connectivity index is 2.16. The van der Waals surface area contributed by atoms with Gasteiger partial charge in [-0.25, -0.2) is 0 Å². The Labute approximate surface area is 108 Å². The molecular weight excluding hydrogens is 248 g/mol. The molecule has 0 aliphatic heterocycles. The number of hydrogen-bond acceptors (Lipinski definition) is 4. The number of carbonyl (C=O) groups is 2. The zero-order chi connectivity index (χ0) is 12.8. The first kappa shape index (κ1) is 12.2. The maximum Gasteiger partial charge on any atom is 0.259 e. The maximum absolute atomic E-state index is 11.8. The van der Waals surface area contributed by atoms with Gasteiger partial charge in [-0.2, -0.15) is 0 Å². The number of amides is 1. The predicted molar refractivity (Wildman–Crippen MR) is 71.2 cm³/mol. The summed E-state index contributed by atoms with van der Waals surface area (Å²) in [5.74, 6) is -0.432. The van der Waals surface area contributed by atoms with Gasteiger partial charge in [0, 0.05) is 6.20 Å². The summed E-state index contributed by atoms with van der Waals surface area (Å²) >= 11 is 1.39. The van der Waals surface area contributed by atoms with Crippen LogP contribution in [0.4, 0.5) is 5.00 Å². The van der Waals surface area contributed by atoms with Crippen LogP contribution in [0.25, 0.3) is 6.08 Å². The molecule has 4 nitrogen and oxygen atoms in total. The molecule has 2 heterocycles. The Morgan fingerprint density at radius 2 is 2.17 bits per heavy atom. The fourth-order valence-electron chi connectivity index (χ4n) is 1.31. The summed E-state index contributed by atoms with van der Waals surface area (Å²) in [5, 5.41) is 5.19. The van der Waals surface area contributed by atoms with Crippen LogP contribution in [0.5, 0.6) is 0 Å². The van der Waals surface area contributed by atoms with E-state index in [2.05, 4.69) is 10.3 Å². The third kappa shape index (κ3) is 3.11. The lowest BCUT2D eigenvalue weighted by atomic mass is 10.2. The van der Waals surface area contributed by atoms with Crippen molar-refractivity contribution in [1.29, 1.82) is 0 Å². The van der Waals surface area contributed by atoms with Crippen LogP contribution in [0.3, 0.4) is 0 Å². The molecule has 0 saturated heterocycles. The molecule has 2 aromatic heterocycles. The number of aldehydes is 1. The second-order valence-corrected chi connectivity index (χ2v) is 4.35. The van der Waals surface area contributed by atoms with Crippen molar-refractivity contribution < 1.29 is 9.59 Å². The van der Waals surface area contributed by atoms with Gasteiger partial charge in [-0.05, 0) is 35.7 Å². The van der Waals surface area contributed by atoms with Gasteiger partial charge in [-0.3, -0.25) is 14.6 Å². The molecule has 0 aromatic carbocycles. The van der Waals surface area contributed by atoms with E-state index in [0.717, 1.165) is 0 Å². The Hall–Kier alpha value is -2.27. The first-order valence-corrected chi connectivity index (χ1v) is 6.10. The Morgan fingerprint density at radius 1 is 1.28 bits per heavy atom. The minimum atomic E-state index is -0.432. The van der Waals surface area contributed by atoms with Crippen LogP contribution in [0, 0.1) is 0 Å². The van der Waals surface area contributed by atoms with Crippen molar-refractivity contribution in [3.05, 3.63) is 53.2 Å². The lowest BCUT2D eigenvalue weighted by Gasteiger charge is -2.01. The van der Waals surface area contributed by atoms with E-state index in [1.807, 2.05) is 11.4 Å². The van der Waals surface area contributed by atoms with Gasteiger partial charge in [0.05, 0.1) is 16.3 Å². The van der Waals surface area contributed by atoms with Gasteiger partial charge in [-0.1, -0.05) is 6.07 Å². The molecule has 2 aromatic rings. The third-order valence-electron chi connectivity index (χ3n) is 2.14. The standard InChI is InChI=1S/C13H10N2O2S/c16-9-10(8-11-4-1-2-6-14-11)13(17)15-12-5-3-7-18-12/h1-9H,(H,15,17). The molecule has 18 heavy (non-hydrogen) atoms. The zero-order valence-corrected chi connectivity index (χ0v) is 10.2. The number of hydrogen-bond donors (Lipinski definition) is 1. The molecule has 0 radical (unpaired) electrons. The highest BCUT2D eigenvalue weighted by Crippen LogP contribution is 2.16. The molecule has 0 fully saturated rings. The molecule has 1 amide bonds. The molecule has 0 bridgehead atoms. The van der Waals surface area contributed by atoms with E-state index in [1.54, 1.807) is 30.5 Å². The number of anilines is 1. The van der Waals surface area contributed by atoms with Crippen LogP contribution in [-0.4, -0.2) is 17.2 Å². The van der Waals surface area contributed by atoms with Crippen molar-refractivity contribution in [2.24, 2.45) is 0 Å². The topological polar surface area (TPSA) is 59.1 Å². The molecular formula is C13H10N2O2S. The second kappa shape index (κ2) is 5.88. The van der Waals surface area contributed by atoms with Gasteiger partial charge in [0.1, 0.15) is 0 Å². The Kier molecular flexibility index (Phi) is 3.98. The average molecular weight is 258 g/mol. The fourth-order valence-corrected chi connectivity index (χ4v) is 1.92. The van der Waals surface area contributed by atoms with Crippen molar-refractivity contribution in [3.63, 3.8) is 0 Å². The van der Waals surface area contributed by atoms with Gasteiger partial charge >= 0.3 is 0 Å². The molecule has 2 rings (SSSR count). The average Bonchev–Trinajstić information content (AvgIpc) is 2.90. The van der Waals surface area contributed by atoms with Gasteiger partial charge < -0.3 is 5.32 Å². The van der Waals surface area contributed by atoms with E-state index in [-0.39, 0.29) is 5.57 Å². The highest BCUT2D eigenvalue weighted by molar-refractivity contribution is 7.14. The van der Waals surface area contributed by atoms with Gasteiger partial charge in [0.25, 0.3) is 5.91 Å². The summed E-state index contributed by atoms with van der Waals surface area (Å²) in [6.07, 6.45) is 3.58. The number of pyridine rings is 1. The second-order valence-electron chi connectivity index (χ2n) is 3.40. The molecule has 1 N–H and O–H groups in total. The van der Waals surface area contributed by atoms with Crippen molar-refractivity contribution in [1.82, 2.24) is 4.98 Å². The Morgan fingerprint density at radius 3 is 2.78 bits per heavy atom. The largest absolute Gasteiger partial charge is 0.313 e. The minimum absolute atomic E-state index is 0.0436. The summed E-state index contributed by atoms with van der Waals surface area (Å²) in [4.78, 5) is 26.8. The van der Waals surface area contributed by atoms with Crippen LogP contribution >= 0.6 is 11.3 Å². The molecule has 0 atom stereocenters. The monoisotopic (exact) mass is 258 g/mol. The zero-order valence-electron chi connectivity index (χ0n) is 9.37.